The molecule has 1 aromatic rings. The molecule has 0 spiro atoms. The average molecular weight is 265 g/mol. The molecule has 0 aliphatic carbocycles. The number of carbonyl (C=O) groups is 2. The van der Waals surface area contributed by atoms with Gasteiger partial charge < -0.3 is 10.0 Å². The van der Waals surface area contributed by atoms with E-state index in [2.05, 4.69) is 5.10 Å². The number of rotatable bonds is 3. The normalized spacial score (nSPS) is 19.8. The molecular weight excluding hydrogens is 246 g/mol. The summed E-state index contributed by atoms with van der Waals surface area (Å²) in [6.45, 7) is 4.61. The highest BCUT2D eigenvalue weighted by molar-refractivity contribution is 5.80. The Hall–Kier alpha value is -1.85. The van der Waals surface area contributed by atoms with Crippen LogP contribution in [-0.4, -0.2) is 38.2 Å². The first-order valence-corrected chi connectivity index (χ1v) is 6.39. The van der Waals surface area contributed by atoms with Crippen molar-refractivity contribution in [1.82, 2.24) is 14.7 Å². The van der Waals surface area contributed by atoms with E-state index in [4.69, 9.17) is 5.11 Å². The van der Waals surface area contributed by atoms with Crippen molar-refractivity contribution in [3.8, 4) is 0 Å². The first-order chi connectivity index (χ1) is 8.90. The van der Waals surface area contributed by atoms with Crippen molar-refractivity contribution < 1.29 is 14.7 Å². The zero-order chi connectivity index (χ0) is 14.2. The Morgan fingerprint density at radius 2 is 2.16 bits per heavy atom. The minimum atomic E-state index is -0.822. The Kier molecular flexibility index (Phi) is 3.59. The number of nitrogens with zero attached hydrogens (tertiary/aromatic N) is 3. The fraction of sp³-hybridized carbons (Fsp3) is 0.615. The van der Waals surface area contributed by atoms with E-state index in [1.165, 1.54) is 0 Å². The van der Waals surface area contributed by atoms with Crippen LogP contribution in [0, 0.1) is 19.8 Å². The third-order valence-electron chi connectivity index (χ3n) is 3.86. The number of hydrogen-bond acceptors (Lipinski definition) is 3. The Bertz CT molecular complexity index is 521. The quantitative estimate of drug-likeness (QED) is 0.879. The monoisotopic (exact) mass is 265 g/mol. The van der Waals surface area contributed by atoms with Gasteiger partial charge in [0.2, 0.25) is 5.91 Å². The maximum atomic E-state index is 11.9. The maximum Gasteiger partial charge on any atom is 0.308 e. The molecule has 1 N–H and O–H groups in total. The molecule has 104 valence electrons. The summed E-state index contributed by atoms with van der Waals surface area (Å²) in [6, 6.07) is 0. The van der Waals surface area contributed by atoms with Crippen LogP contribution in [0.3, 0.4) is 0 Å². The number of aromatic nitrogens is 2. The molecule has 1 aliphatic heterocycles. The molecule has 1 amide bonds. The summed E-state index contributed by atoms with van der Waals surface area (Å²) < 4.78 is 1.79. The summed E-state index contributed by atoms with van der Waals surface area (Å²) in [6.07, 6.45) is 0.755. The van der Waals surface area contributed by atoms with Gasteiger partial charge in [0.25, 0.3) is 0 Å². The molecule has 1 fully saturated rings. The van der Waals surface area contributed by atoms with Crippen LogP contribution in [-0.2, 0) is 23.2 Å². The molecule has 6 heteroatoms. The number of hydrogen-bond donors (Lipinski definition) is 1. The van der Waals surface area contributed by atoms with E-state index >= 15 is 0 Å². The van der Waals surface area contributed by atoms with E-state index in [-0.39, 0.29) is 5.91 Å². The number of aryl methyl sites for hydroxylation is 2. The van der Waals surface area contributed by atoms with E-state index in [9.17, 15) is 9.59 Å². The fourth-order valence-electron chi connectivity index (χ4n) is 2.51. The molecule has 19 heavy (non-hydrogen) atoms. The first kappa shape index (κ1) is 13.6. The van der Waals surface area contributed by atoms with Crippen molar-refractivity contribution in [2.45, 2.75) is 33.2 Å². The molecular formula is C13H19N3O3. The summed E-state index contributed by atoms with van der Waals surface area (Å²) in [5.41, 5.74) is 2.93. The van der Waals surface area contributed by atoms with Crippen molar-refractivity contribution in [2.75, 3.05) is 6.54 Å². The lowest BCUT2D eigenvalue weighted by Crippen LogP contribution is -2.42. The van der Waals surface area contributed by atoms with Crippen LogP contribution in [0.4, 0.5) is 0 Å². The van der Waals surface area contributed by atoms with Crippen LogP contribution in [0.25, 0.3) is 0 Å². The molecule has 1 aliphatic rings. The number of amides is 1. The van der Waals surface area contributed by atoms with Gasteiger partial charge >= 0.3 is 5.97 Å². The second kappa shape index (κ2) is 5.03. The zero-order valence-corrected chi connectivity index (χ0v) is 11.5. The summed E-state index contributed by atoms with van der Waals surface area (Å²) in [5.74, 6) is -1.24. The van der Waals surface area contributed by atoms with Gasteiger partial charge in [-0.15, -0.1) is 0 Å². The van der Waals surface area contributed by atoms with Crippen LogP contribution >= 0.6 is 0 Å². The lowest BCUT2D eigenvalue weighted by atomic mass is 9.97. The van der Waals surface area contributed by atoms with Crippen LogP contribution < -0.4 is 0 Å². The molecule has 1 aromatic heterocycles. The number of carbonyl (C=O) groups excluding carboxylic acids is 1. The van der Waals surface area contributed by atoms with Crippen molar-refractivity contribution in [1.29, 1.82) is 0 Å². The number of aliphatic carboxylic acids is 1. The van der Waals surface area contributed by atoms with Gasteiger partial charge in [-0.05, 0) is 20.3 Å². The highest BCUT2D eigenvalue weighted by Crippen LogP contribution is 2.22. The summed E-state index contributed by atoms with van der Waals surface area (Å²) in [5, 5.41) is 13.4. The van der Waals surface area contributed by atoms with Gasteiger partial charge in [0, 0.05) is 37.8 Å². The fourth-order valence-corrected chi connectivity index (χ4v) is 2.51. The maximum absolute atomic E-state index is 11.9. The third-order valence-corrected chi connectivity index (χ3v) is 3.86. The Morgan fingerprint density at radius 3 is 2.68 bits per heavy atom. The Labute approximate surface area is 112 Å². The molecule has 0 radical (unpaired) electrons. The van der Waals surface area contributed by atoms with Crippen molar-refractivity contribution in [2.24, 2.45) is 13.0 Å². The minimum absolute atomic E-state index is 0.0279. The second-order valence-electron chi connectivity index (χ2n) is 5.12. The van der Waals surface area contributed by atoms with Gasteiger partial charge in [-0.2, -0.15) is 5.10 Å². The van der Waals surface area contributed by atoms with Crippen LogP contribution in [0.2, 0.25) is 0 Å². The smallest absolute Gasteiger partial charge is 0.308 e. The van der Waals surface area contributed by atoms with Crippen LogP contribution in [0.1, 0.15) is 29.8 Å². The van der Waals surface area contributed by atoms with Gasteiger partial charge in [-0.3, -0.25) is 14.3 Å². The van der Waals surface area contributed by atoms with Crippen molar-refractivity contribution in [3.63, 3.8) is 0 Å². The van der Waals surface area contributed by atoms with Crippen molar-refractivity contribution in [3.05, 3.63) is 17.0 Å². The molecule has 2 heterocycles. The molecule has 1 unspecified atom stereocenters. The molecule has 1 atom stereocenters. The number of piperidine rings is 1. The predicted octanol–water partition coefficient (Wildman–Crippen LogP) is 0.860. The van der Waals surface area contributed by atoms with E-state index in [0.29, 0.717) is 25.9 Å². The molecule has 1 saturated heterocycles. The molecule has 2 rings (SSSR count). The van der Waals surface area contributed by atoms with E-state index < -0.39 is 11.9 Å². The zero-order valence-electron chi connectivity index (χ0n) is 11.5. The van der Waals surface area contributed by atoms with Gasteiger partial charge in [-0.1, -0.05) is 0 Å². The SMILES string of the molecule is Cc1nn(C)c(C)c1CN1CC(C(=O)O)CCC1=O. The van der Waals surface area contributed by atoms with E-state index in [1.54, 1.807) is 9.58 Å². The second-order valence-corrected chi connectivity index (χ2v) is 5.12. The Morgan fingerprint density at radius 1 is 1.47 bits per heavy atom. The number of carboxylic acid groups (broad SMARTS) is 1. The number of likely N-dealkylation sites (tertiary alicyclic amines) is 1. The van der Waals surface area contributed by atoms with Gasteiger partial charge in [0.15, 0.2) is 0 Å². The highest BCUT2D eigenvalue weighted by atomic mass is 16.4. The van der Waals surface area contributed by atoms with Crippen molar-refractivity contribution >= 4 is 11.9 Å². The topological polar surface area (TPSA) is 75.4 Å². The summed E-state index contributed by atoms with van der Waals surface area (Å²) >= 11 is 0. The molecule has 0 bridgehead atoms. The van der Waals surface area contributed by atoms with E-state index in [0.717, 1.165) is 17.0 Å². The van der Waals surface area contributed by atoms with Gasteiger partial charge in [0.1, 0.15) is 0 Å². The summed E-state index contributed by atoms with van der Waals surface area (Å²) in [4.78, 5) is 24.6. The van der Waals surface area contributed by atoms with Gasteiger partial charge in [0.05, 0.1) is 11.6 Å². The van der Waals surface area contributed by atoms with Crippen LogP contribution in [0.15, 0.2) is 0 Å². The molecule has 0 aromatic carbocycles. The minimum Gasteiger partial charge on any atom is -0.481 e. The van der Waals surface area contributed by atoms with E-state index in [1.807, 2.05) is 20.9 Å². The standard InChI is InChI=1S/C13H19N3O3/c1-8-11(9(2)15(3)14-8)7-16-6-10(13(18)19)4-5-12(16)17/h10H,4-7H2,1-3H3,(H,18,19). The average Bonchev–Trinajstić information content (AvgIpc) is 2.58. The van der Waals surface area contributed by atoms with Crippen LogP contribution in [0.5, 0.6) is 0 Å². The first-order valence-electron chi connectivity index (χ1n) is 6.39. The molecule has 0 saturated carbocycles. The number of carboxylic acids is 1. The lowest BCUT2D eigenvalue weighted by molar-refractivity contribution is -0.147. The lowest BCUT2D eigenvalue weighted by Gasteiger charge is -2.30. The Balaban J connectivity index is 2.16. The largest absolute Gasteiger partial charge is 0.481 e. The third kappa shape index (κ3) is 2.62. The molecule has 6 nitrogen and oxygen atoms in total. The predicted molar refractivity (Wildman–Crippen MR) is 68.5 cm³/mol. The van der Waals surface area contributed by atoms with Gasteiger partial charge in [-0.25, -0.2) is 0 Å². The summed E-state index contributed by atoms with van der Waals surface area (Å²) in [7, 11) is 1.86. The highest BCUT2D eigenvalue weighted by Gasteiger charge is 2.30.